The molecule has 1 unspecified atom stereocenters. The van der Waals surface area contributed by atoms with Gasteiger partial charge in [0.25, 0.3) is 0 Å². The second kappa shape index (κ2) is 8.70. The van der Waals surface area contributed by atoms with Crippen molar-refractivity contribution in [1.82, 2.24) is 4.98 Å². The highest BCUT2D eigenvalue weighted by Crippen LogP contribution is 2.14. The molecule has 0 spiro atoms. The zero-order valence-electron chi connectivity index (χ0n) is 12.7. The lowest BCUT2D eigenvalue weighted by Crippen LogP contribution is -2.23. The summed E-state index contributed by atoms with van der Waals surface area (Å²) in [6, 6.07) is 9.50. The molecule has 0 fully saturated rings. The molecule has 0 saturated heterocycles. The van der Waals surface area contributed by atoms with E-state index in [1.165, 1.54) is 11.1 Å². The summed E-state index contributed by atoms with van der Waals surface area (Å²) in [6.07, 6.45) is 2.59. The summed E-state index contributed by atoms with van der Waals surface area (Å²) >= 11 is 0. The molecule has 1 atom stereocenters. The standard InChI is InChI=1S/C16H20N4O.HI/c1-11-3-4-14(9-12(11)2)20-16(17)19-10-15(21)13-5-7-18-8-6-13;/h3-9,15,21H,10H2,1-2H3,(H3,17,19,20);1H. The predicted molar refractivity (Wildman–Crippen MR) is 101 cm³/mol. The van der Waals surface area contributed by atoms with E-state index in [9.17, 15) is 5.11 Å². The number of rotatable bonds is 4. The Kier molecular flexibility index (Phi) is 7.26. The van der Waals surface area contributed by atoms with Gasteiger partial charge >= 0.3 is 0 Å². The molecule has 0 aliphatic rings. The van der Waals surface area contributed by atoms with E-state index in [2.05, 4.69) is 22.2 Å². The van der Waals surface area contributed by atoms with Gasteiger partial charge in [-0.2, -0.15) is 0 Å². The maximum absolute atomic E-state index is 10.00. The predicted octanol–water partition coefficient (Wildman–Crippen LogP) is 2.78. The normalized spacial score (nSPS) is 12.4. The maximum Gasteiger partial charge on any atom is 0.193 e. The van der Waals surface area contributed by atoms with Gasteiger partial charge < -0.3 is 16.2 Å². The van der Waals surface area contributed by atoms with Crippen molar-refractivity contribution in [3.05, 3.63) is 59.4 Å². The minimum atomic E-state index is -0.687. The Morgan fingerprint density at radius 2 is 1.91 bits per heavy atom. The van der Waals surface area contributed by atoms with Crippen molar-refractivity contribution < 1.29 is 5.11 Å². The third-order valence-corrected chi connectivity index (χ3v) is 3.30. The molecule has 0 aliphatic carbocycles. The Morgan fingerprint density at radius 1 is 1.23 bits per heavy atom. The van der Waals surface area contributed by atoms with Crippen molar-refractivity contribution in [3.8, 4) is 0 Å². The topological polar surface area (TPSA) is 83.5 Å². The average molecular weight is 412 g/mol. The lowest BCUT2D eigenvalue weighted by Gasteiger charge is -2.10. The van der Waals surface area contributed by atoms with Crippen molar-refractivity contribution in [2.24, 2.45) is 10.7 Å². The van der Waals surface area contributed by atoms with Crippen LogP contribution in [0.2, 0.25) is 0 Å². The zero-order valence-corrected chi connectivity index (χ0v) is 15.0. The Balaban J connectivity index is 0.00000242. The van der Waals surface area contributed by atoms with E-state index in [1.54, 1.807) is 24.5 Å². The van der Waals surface area contributed by atoms with E-state index in [1.807, 2.05) is 25.1 Å². The Labute approximate surface area is 147 Å². The summed E-state index contributed by atoms with van der Waals surface area (Å²) in [7, 11) is 0. The average Bonchev–Trinajstić information content (AvgIpc) is 2.49. The first-order chi connectivity index (χ1) is 10.1. The van der Waals surface area contributed by atoms with Crippen LogP contribution in [0.5, 0.6) is 0 Å². The number of halogens is 1. The highest BCUT2D eigenvalue weighted by Gasteiger charge is 2.06. The molecule has 0 saturated carbocycles. The van der Waals surface area contributed by atoms with Gasteiger partial charge in [0.15, 0.2) is 5.96 Å². The highest BCUT2D eigenvalue weighted by molar-refractivity contribution is 14.0. The first-order valence-electron chi connectivity index (χ1n) is 6.78. The van der Waals surface area contributed by atoms with Gasteiger partial charge in [0.2, 0.25) is 0 Å². The fraction of sp³-hybridized carbons (Fsp3) is 0.250. The number of guanidine groups is 1. The molecule has 0 radical (unpaired) electrons. The van der Waals surface area contributed by atoms with Crippen LogP contribution in [0.15, 0.2) is 47.7 Å². The molecule has 4 N–H and O–H groups in total. The molecular formula is C16H21IN4O. The summed E-state index contributed by atoms with van der Waals surface area (Å²) < 4.78 is 0. The lowest BCUT2D eigenvalue weighted by atomic mass is 10.1. The van der Waals surface area contributed by atoms with Crippen LogP contribution in [-0.2, 0) is 0 Å². The molecule has 0 bridgehead atoms. The number of aryl methyl sites for hydroxylation is 2. The molecule has 2 aromatic rings. The van der Waals surface area contributed by atoms with E-state index in [-0.39, 0.29) is 36.5 Å². The number of aliphatic hydroxyl groups is 1. The van der Waals surface area contributed by atoms with Crippen molar-refractivity contribution >= 4 is 35.6 Å². The Hall–Kier alpha value is -1.67. The van der Waals surface area contributed by atoms with Crippen LogP contribution < -0.4 is 11.1 Å². The van der Waals surface area contributed by atoms with Gasteiger partial charge in [-0.15, -0.1) is 24.0 Å². The lowest BCUT2D eigenvalue weighted by molar-refractivity contribution is 0.187. The number of pyridine rings is 1. The van der Waals surface area contributed by atoms with Crippen LogP contribution >= 0.6 is 24.0 Å². The van der Waals surface area contributed by atoms with Crippen LogP contribution in [0.25, 0.3) is 0 Å². The van der Waals surface area contributed by atoms with Gasteiger partial charge in [-0.1, -0.05) is 6.07 Å². The Bertz CT molecular complexity index is 631. The van der Waals surface area contributed by atoms with Gasteiger partial charge in [-0.05, 0) is 54.8 Å². The zero-order chi connectivity index (χ0) is 15.2. The van der Waals surface area contributed by atoms with Crippen LogP contribution in [0.3, 0.4) is 0 Å². The number of benzene rings is 1. The summed E-state index contributed by atoms with van der Waals surface area (Å²) in [4.78, 5) is 8.07. The number of nitrogens with zero attached hydrogens (tertiary/aromatic N) is 2. The molecule has 6 heteroatoms. The maximum atomic E-state index is 10.00. The van der Waals surface area contributed by atoms with Gasteiger partial charge in [0.1, 0.15) is 0 Å². The number of aliphatic hydroxyl groups excluding tert-OH is 1. The molecule has 5 nitrogen and oxygen atoms in total. The smallest absolute Gasteiger partial charge is 0.193 e. The van der Waals surface area contributed by atoms with Gasteiger partial charge in [0, 0.05) is 18.1 Å². The van der Waals surface area contributed by atoms with E-state index < -0.39 is 6.10 Å². The van der Waals surface area contributed by atoms with Crippen molar-refractivity contribution in [2.45, 2.75) is 20.0 Å². The van der Waals surface area contributed by atoms with Crippen LogP contribution in [0.1, 0.15) is 22.8 Å². The number of hydrogen-bond donors (Lipinski definition) is 3. The van der Waals surface area contributed by atoms with Crippen LogP contribution in [-0.4, -0.2) is 22.6 Å². The SMILES string of the molecule is Cc1ccc(NC(N)=NCC(O)c2ccncc2)cc1C.I. The van der Waals surface area contributed by atoms with E-state index in [0.29, 0.717) is 0 Å². The summed E-state index contributed by atoms with van der Waals surface area (Å²) in [6.45, 7) is 4.30. The van der Waals surface area contributed by atoms with Gasteiger partial charge in [0.05, 0.1) is 12.6 Å². The number of hydrogen-bond acceptors (Lipinski definition) is 3. The summed E-state index contributed by atoms with van der Waals surface area (Å²) in [5.41, 5.74) is 9.90. The molecule has 118 valence electrons. The fourth-order valence-corrected chi connectivity index (χ4v) is 1.88. The third kappa shape index (κ3) is 5.27. The van der Waals surface area contributed by atoms with E-state index in [4.69, 9.17) is 5.73 Å². The molecule has 0 aliphatic heterocycles. The number of nitrogens with one attached hydrogen (secondary N) is 1. The molecule has 1 aromatic carbocycles. The quantitative estimate of drug-likeness (QED) is 0.410. The summed E-state index contributed by atoms with van der Waals surface area (Å²) in [5.74, 6) is 0.284. The van der Waals surface area contributed by atoms with Crippen LogP contribution in [0.4, 0.5) is 5.69 Å². The fourth-order valence-electron chi connectivity index (χ4n) is 1.88. The van der Waals surface area contributed by atoms with Crippen molar-refractivity contribution in [2.75, 3.05) is 11.9 Å². The first kappa shape index (κ1) is 18.4. The van der Waals surface area contributed by atoms with E-state index >= 15 is 0 Å². The van der Waals surface area contributed by atoms with Crippen molar-refractivity contribution in [3.63, 3.8) is 0 Å². The number of aliphatic imine (C=N–C) groups is 1. The number of nitrogens with two attached hydrogens (primary N) is 1. The second-order valence-corrected chi connectivity index (χ2v) is 4.95. The molecule has 0 amide bonds. The summed E-state index contributed by atoms with van der Waals surface area (Å²) in [5, 5.41) is 13.0. The monoisotopic (exact) mass is 412 g/mol. The highest BCUT2D eigenvalue weighted by atomic mass is 127. The molecule has 1 heterocycles. The van der Waals surface area contributed by atoms with Gasteiger partial charge in [-0.3, -0.25) is 9.98 Å². The molecule has 2 rings (SSSR count). The first-order valence-corrected chi connectivity index (χ1v) is 6.78. The van der Waals surface area contributed by atoms with Gasteiger partial charge in [-0.25, -0.2) is 0 Å². The number of anilines is 1. The molecule has 1 aromatic heterocycles. The second-order valence-electron chi connectivity index (χ2n) is 4.95. The van der Waals surface area contributed by atoms with Crippen molar-refractivity contribution in [1.29, 1.82) is 0 Å². The minimum absolute atomic E-state index is 0. The Morgan fingerprint density at radius 3 is 2.55 bits per heavy atom. The number of aromatic nitrogens is 1. The molecular weight excluding hydrogens is 391 g/mol. The minimum Gasteiger partial charge on any atom is -0.386 e. The van der Waals surface area contributed by atoms with Crippen LogP contribution in [0, 0.1) is 13.8 Å². The van der Waals surface area contributed by atoms with E-state index in [0.717, 1.165) is 11.3 Å². The molecule has 22 heavy (non-hydrogen) atoms. The third-order valence-electron chi connectivity index (χ3n) is 3.30. The largest absolute Gasteiger partial charge is 0.386 e.